The average molecular weight is 386 g/mol. The van der Waals surface area contributed by atoms with Gasteiger partial charge in [0.2, 0.25) is 0 Å². The Bertz CT molecular complexity index is 1300. The third kappa shape index (κ3) is 3.51. The van der Waals surface area contributed by atoms with Crippen LogP contribution in [0.3, 0.4) is 0 Å². The Kier molecular flexibility index (Phi) is 4.66. The van der Waals surface area contributed by atoms with Gasteiger partial charge in [0.15, 0.2) is 0 Å². The molecule has 5 aromatic carbocycles. The summed E-state index contributed by atoms with van der Waals surface area (Å²) in [6, 6.07) is 39.9. The highest BCUT2D eigenvalue weighted by atomic mass is 14.9. The second-order valence-electron chi connectivity index (χ2n) is 7.40. The SMILES string of the molecule is Nc1ccc(-c2ccc(Nc3ccccc3)cc2-c2cccc3ccccc23)cc1. The van der Waals surface area contributed by atoms with Crippen molar-refractivity contribution >= 4 is 27.8 Å². The van der Waals surface area contributed by atoms with E-state index in [4.69, 9.17) is 5.73 Å². The van der Waals surface area contributed by atoms with Crippen LogP contribution in [0.15, 0.2) is 115 Å². The van der Waals surface area contributed by atoms with Gasteiger partial charge in [0.05, 0.1) is 0 Å². The summed E-state index contributed by atoms with van der Waals surface area (Å²) in [6.07, 6.45) is 0. The minimum absolute atomic E-state index is 0.771. The lowest BCUT2D eigenvalue weighted by Crippen LogP contribution is -1.93. The van der Waals surface area contributed by atoms with E-state index in [-0.39, 0.29) is 0 Å². The molecule has 0 aliphatic carbocycles. The average Bonchev–Trinajstić information content (AvgIpc) is 2.80. The van der Waals surface area contributed by atoms with Crippen LogP contribution >= 0.6 is 0 Å². The summed E-state index contributed by atoms with van der Waals surface area (Å²) >= 11 is 0. The number of benzene rings is 5. The molecule has 30 heavy (non-hydrogen) atoms. The molecule has 2 heteroatoms. The van der Waals surface area contributed by atoms with Gasteiger partial charge in [0.25, 0.3) is 0 Å². The molecule has 0 spiro atoms. The van der Waals surface area contributed by atoms with Gasteiger partial charge in [0, 0.05) is 17.1 Å². The lowest BCUT2D eigenvalue weighted by Gasteiger charge is -2.16. The molecule has 0 heterocycles. The van der Waals surface area contributed by atoms with Crippen LogP contribution in [-0.4, -0.2) is 0 Å². The monoisotopic (exact) mass is 386 g/mol. The zero-order chi connectivity index (χ0) is 20.3. The first-order chi connectivity index (χ1) is 14.8. The van der Waals surface area contributed by atoms with Gasteiger partial charge < -0.3 is 11.1 Å². The van der Waals surface area contributed by atoms with Crippen molar-refractivity contribution in [3.05, 3.63) is 115 Å². The summed E-state index contributed by atoms with van der Waals surface area (Å²) in [6.45, 7) is 0. The highest BCUT2D eigenvalue weighted by Gasteiger charge is 2.12. The normalized spacial score (nSPS) is 10.8. The number of nitrogen functional groups attached to an aromatic ring is 1. The minimum atomic E-state index is 0.771. The Morgan fingerprint density at radius 3 is 2.07 bits per heavy atom. The second-order valence-corrected chi connectivity index (χ2v) is 7.40. The zero-order valence-electron chi connectivity index (χ0n) is 16.5. The molecule has 5 aromatic rings. The predicted octanol–water partition coefficient (Wildman–Crippen LogP) is 7.50. The van der Waals surface area contributed by atoms with Crippen molar-refractivity contribution in [1.82, 2.24) is 0 Å². The van der Waals surface area contributed by atoms with Crippen LogP contribution in [0.25, 0.3) is 33.0 Å². The van der Waals surface area contributed by atoms with Crippen LogP contribution in [-0.2, 0) is 0 Å². The van der Waals surface area contributed by atoms with Crippen molar-refractivity contribution in [2.75, 3.05) is 11.1 Å². The molecule has 0 saturated heterocycles. The van der Waals surface area contributed by atoms with E-state index in [2.05, 4.69) is 90.2 Å². The number of hydrogen-bond donors (Lipinski definition) is 2. The third-order valence-electron chi connectivity index (χ3n) is 5.38. The topological polar surface area (TPSA) is 38.0 Å². The second kappa shape index (κ2) is 7.76. The van der Waals surface area contributed by atoms with E-state index < -0.39 is 0 Å². The maximum absolute atomic E-state index is 5.93. The predicted molar refractivity (Wildman–Crippen MR) is 129 cm³/mol. The summed E-state index contributed by atoms with van der Waals surface area (Å²) in [5.41, 5.74) is 13.6. The Morgan fingerprint density at radius 1 is 0.500 bits per heavy atom. The quantitative estimate of drug-likeness (QED) is 0.314. The standard InChI is InChI=1S/C28H22N2/c29-22-15-13-21(14-16-22)26-18-17-24(30-23-9-2-1-3-10-23)19-28(26)27-12-6-8-20-7-4-5-11-25(20)27/h1-19,30H,29H2. The van der Waals surface area contributed by atoms with Crippen LogP contribution in [0.4, 0.5) is 17.1 Å². The summed E-state index contributed by atoms with van der Waals surface area (Å²) in [5.74, 6) is 0. The van der Waals surface area contributed by atoms with Gasteiger partial charge in [-0.15, -0.1) is 0 Å². The van der Waals surface area contributed by atoms with Gasteiger partial charge in [0.1, 0.15) is 0 Å². The molecule has 0 amide bonds. The Hall–Kier alpha value is -4.04. The maximum Gasteiger partial charge on any atom is 0.0390 e. The molecule has 0 aliphatic rings. The molecule has 0 saturated carbocycles. The molecule has 0 atom stereocenters. The Morgan fingerprint density at radius 2 is 1.23 bits per heavy atom. The lowest BCUT2D eigenvalue weighted by atomic mass is 9.91. The summed E-state index contributed by atoms with van der Waals surface area (Å²) in [4.78, 5) is 0. The fraction of sp³-hybridized carbons (Fsp3) is 0. The fourth-order valence-corrected chi connectivity index (χ4v) is 3.91. The molecular weight excluding hydrogens is 364 g/mol. The highest BCUT2D eigenvalue weighted by Crippen LogP contribution is 2.38. The first kappa shape index (κ1) is 18.0. The molecule has 0 aromatic heterocycles. The van der Waals surface area contributed by atoms with Gasteiger partial charge in [-0.05, 0) is 69.4 Å². The van der Waals surface area contributed by atoms with E-state index in [1.807, 2.05) is 30.3 Å². The van der Waals surface area contributed by atoms with Crippen LogP contribution in [0, 0.1) is 0 Å². The smallest absolute Gasteiger partial charge is 0.0390 e. The number of anilines is 3. The molecule has 0 aliphatic heterocycles. The molecule has 0 bridgehead atoms. The summed E-state index contributed by atoms with van der Waals surface area (Å²) < 4.78 is 0. The largest absolute Gasteiger partial charge is 0.399 e. The van der Waals surface area contributed by atoms with Crippen LogP contribution in [0.5, 0.6) is 0 Å². The molecule has 5 rings (SSSR count). The fourth-order valence-electron chi connectivity index (χ4n) is 3.91. The number of fused-ring (bicyclic) bond motifs is 1. The highest BCUT2D eigenvalue weighted by molar-refractivity contribution is 6.01. The number of nitrogens with one attached hydrogen (secondary N) is 1. The van der Waals surface area contributed by atoms with E-state index in [1.54, 1.807) is 0 Å². The minimum Gasteiger partial charge on any atom is -0.399 e. The number of para-hydroxylation sites is 1. The van der Waals surface area contributed by atoms with Crippen molar-refractivity contribution in [2.45, 2.75) is 0 Å². The molecule has 0 unspecified atom stereocenters. The van der Waals surface area contributed by atoms with Crippen molar-refractivity contribution in [3.8, 4) is 22.3 Å². The Balaban J connectivity index is 1.70. The van der Waals surface area contributed by atoms with Crippen molar-refractivity contribution in [2.24, 2.45) is 0 Å². The third-order valence-corrected chi connectivity index (χ3v) is 5.38. The van der Waals surface area contributed by atoms with E-state index in [1.165, 1.54) is 27.5 Å². The van der Waals surface area contributed by atoms with Crippen molar-refractivity contribution in [1.29, 1.82) is 0 Å². The Labute approximate surface area is 176 Å². The molecular formula is C28H22N2. The zero-order valence-corrected chi connectivity index (χ0v) is 16.5. The molecule has 3 N–H and O–H groups in total. The van der Waals surface area contributed by atoms with Gasteiger partial charge in [-0.1, -0.05) is 78.9 Å². The molecule has 144 valence electrons. The molecule has 0 fully saturated rings. The van der Waals surface area contributed by atoms with Gasteiger partial charge >= 0.3 is 0 Å². The van der Waals surface area contributed by atoms with Crippen LogP contribution in [0.2, 0.25) is 0 Å². The van der Waals surface area contributed by atoms with Gasteiger partial charge in [-0.25, -0.2) is 0 Å². The van der Waals surface area contributed by atoms with E-state index in [0.29, 0.717) is 0 Å². The van der Waals surface area contributed by atoms with Crippen LogP contribution < -0.4 is 11.1 Å². The first-order valence-electron chi connectivity index (χ1n) is 10.1. The molecule has 2 nitrogen and oxygen atoms in total. The van der Waals surface area contributed by atoms with E-state index in [9.17, 15) is 0 Å². The van der Waals surface area contributed by atoms with Crippen molar-refractivity contribution < 1.29 is 0 Å². The molecule has 0 radical (unpaired) electrons. The first-order valence-corrected chi connectivity index (χ1v) is 10.1. The van der Waals surface area contributed by atoms with Gasteiger partial charge in [-0.3, -0.25) is 0 Å². The summed E-state index contributed by atoms with van der Waals surface area (Å²) in [5, 5.41) is 6.01. The summed E-state index contributed by atoms with van der Waals surface area (Å²) in [7, 11) is 0. The van der Waals surface area contributed by atoms with Crippen molar-refractivity contribution in [3.63, 3.8) is 0 Å². The number of rotatable bonds is 4. The maximum atomic E-state index is 5.93. The van der Waals surface area contributed by atoms with Crippen LogP contribution in [0.1, 0.15) is 0 Å². The van der Waals surface area contributed by atoms with E-state index >= 15 is 0 Å². The lowest BCUT2D eigenvalue weighted by molar-refractivity contribution is 1.53. The number of nitrogens with two attached hydrogens (primary N) is 1. The van der Waals surface area contributed by atoms with E-state index in [0.717, 1.165) is 22.6 Å². The van der Waals surface area contributed by atoms with Gasteiger partial charge in [-0.2, -0.15) is 0 Å². The number of hydrogen-bond acceptors (Lipinski definition) is 2.